The lowest BCUT2D eigenvalue weighted by Gasteiger charge is -2.36. The predicted molar refractivity (Wildman–Crippen MR) is 138 cm³/mol. The van der Waals surface area contributed by atoms with Crippen molar-refractivity contribution in [2.45, 2.75) is 39.7 Å². The van der Waals surface area contributed by atoms with E-state index >= 15 is 0 Å². The van der Waals surface area contributed by atoms with Crippen molar-refractivity contribution in [3.63, 3.8) is 0 Å². The first-order valence-electron chi connectivity index (χ1n) is 12.0. The Morgan fingerprint density at radius 2 is 1.86 bits per heavy atom. The van der Waals surface area contributed by atoms with Gasteiger partial charge in [0.15, 0.2) is 5.69 Å². The molecule has 0 saturated carbocycles. The van der Waals surface area contributed by atoms with E-state index in [0.717, 1.165) is 54.5 Å². The van der Waals surface area contributed by atoms with Crippen LogP contribution >= 0.6 is 0 Å². The molecule has 186 valence electrons. The van der Waals surface area contributed by atoms with Crippen molar-refractivity contribution in [1.29, 1.82) is 0 Å². The number of carbonyl (C=O) groups excluding carboxylic acids is 2. The van der Waals surface area contributed by atoms with Gasteiger partial charge < -0.3 is 20.4 Å². The molecule has 1 aliphatic rings. The number of piperidine rings is 1. The number of carbonyl (C=O) groups is 2. The number of hydrogen-bond acceptors (Lipinski definition) is 5. The fraction of sp³-hybridized carbons (Fsp3) is 0.462. The fourth-order valence-corrected chi connectivity index (χ4v) is 4.43. The number of anilines is 1. The molecule has 3 heterocycles. The van der Waals surface area contributed by atoms with Gasteiger partial charge in [-0.1, -0.05) is 26.8 Å². The fourth-order valence-electron chi connectivity index (χ4n) is 4.43. The second-order valence-electron chi connectivity index (χ2n) is 10.7. The lowest BCUT2D eigenvalue weighted by molar-refractivity contribution is 0.0892. The maximum absolute atomic E-state index is 13.1. The average Bonchev–Trinajstić information content (AvgIpc) is 3.23. The molecule has 9 heteroatoms. The van der Waals surface area contributed by atoms with Crippen LogP contribution in [0.2, 0.25) is 0 Å². The Morgan fingerprint density at radius 3 is 2.54 bits per heavy atom. The Bertz CT molecular complexity index is 1200. The molecule has 35 heavy (non-hydrogen) atoms. The van der Waals surface area contributed by atoms with Crippen LogP contribution in [0.25, 0.3) is 22.0 Å². The van der Waals surface area contributed by atoms with Gasteiger partial charge in [-0.25, -0.2) is 4.79 Å². The van der Waals surface area contributed by atoms with E-state index in [1.54, 1.807) is 26.5 Å². The van der Waals surface area contributed by atoms with Crippen LogP contribution in [0.15, 0.2) is 36.7 Å². The number of pyridine rings is 1. The minimum absolute atomic E-state index is 0.148. The molecule has 0 atom stereocenters. The summed E-state index contributed by atoms with van der Waals surface area (Å²) < 4.78 is 0. The molecular weight excluding hydrogens is 442 g/mol. The van der Waals surface area contributed by atoms with Gasteiger partial charge in [0.05, 0.1) is 17.4 Å². The van der Waals surface area contributed by atoms with Gasteiger partial charge in [-0.15, -0.1) is 0 Å². The maximum Gasteiger partial charge on any atom is 0.321 e. The van der Waals surface area contributed by atoms with Crippen LogP contribution < -0.4 is 10.6 Å². The molecule has 0 spiro atoms. The molecule has 3 N–H and O–H groups in total. The van der Waals surface area contributed by atoms with Gasteiger partial charge in [-0.2, -0.15) is 5.10 Å². The number of hydrogen-bond donors (Lipinski definition) is 3. The van der Waals surface area contributed by atoms with Crippen LogP contribution in [0.3, 0.4) is 0 Å². The average molecular weight is 478 g/mol. The summed E-state index contributed by atoms with van der Waals surface area (Å²) in [5, 5.41) is 14.0. The highest BCUT2D eigenvalue weighted by Gasteiger charge is 2.25. The van der Waals surface area contributed by atoms with E-state index in [2.05, 4.69) is 51.5 Å². The number of rotatable bonds is 5. The first-order chi connectivity index (χ1) is 16.6. The summed E-state index contributed by atoms with van der Waals surface area (Å²) in [6.07, 6.45) is 5.21. The SMILES string of the molecule is CN(C)C(=O)Nc1cncc(-c2ccc3[nH]nc(C(=O)NC4CCN(CC(C)(C)C)CC4)c3c2)c1. The summed E-state index contributed by atoms with van der Waals surface area (Å²) in [5.41, 5.74) is 3.78. The van der Waals surface area contributed by atoms with Crippen LogP contribution in [-0.4, -0.2) is 76.7 Å². The summed E-state index contributed by atoms with van der Waals surface area (Å²) in [5.74, 6) is -0.159. The van der Waals surface area contributed by atoms with Crippen LogP contribution in [0.4, 0.5) is 10.5 Å². The van der Waals surface area contributed by atoms with Gasteiger partial charge >= 0.3 is 6.03 Å². The zero-order valence-electron chi connectivity index (χ0n) is 21.2. The van der Waals surface area contributed by atoms with Gasteiger partial charge in [0.25, 0.3) is 5.91 Å². The molecule has 3 amide bonds. The van der Waals surface area contributed by atoms with Crippen molar-refractivity contribution in [1.82, 2.24) is 30.3 Å². The molecular formula is C26H35N7O2. The Balaban J connectivity index is 1.47. The van der Waals surface area contributed by atoms with Crippen molar-refractivity contribution < 1.29 is 9.59 Å². The third-order valence-corrected chi connectivity index (χ3v) is 6.13. The molecule has 0 bridgehead atoms. The highest BCUT2D eigenvalue weighted by atomic mass is 16.2. The molecule has 0 radical (unpaired) electrons. The van der Waals surface area contributed by atoms with Gasteiger partial charge in [0.2, 0.25) is 0 Å². The van der Waals surface area contributed by atoms with E-state index < -0.39 is 0 Å². The molecule has 1 aromatic carbocycles. The Hall–Kier alpha value is -3.46. The largest absolute Gasteiger partial charge is 0.348 e. The monoisotopic (exact) mass is 477 g/mol. The molecule has 0 aliphatic carbocycles. The quantitative estimate of drug-likeness (QED) is 0.516. The van der Waals surface area contributed by atoms with Crippen LogP contribution in [0.1, 0.15) is 44.1 Å². The third kappa shape index (κ3) is 6.16. The summed E-state index contributed by atoms with van der Waals surface area (Å²) in [6, 6.07) is 7.58. The second kappa shape index (κ2) is 10.0. The minimum atomic E-state index is -0.225. The van der Waals surface area contributed by atoms with E-state index in [0.29, 0.717) is 11.4 Å². The van der Waals surface area contributed by atoms with Crippen LogP contribution in [0, 0.1) is 5.41 Å². The lowest BCUT2D eigenvalue weighted by atomic mass is 9.94. The summed E-state index contributed by atoms with van der Waals surface area (Å²) >= 11 is 0. The van der Waals surface area contributed by atoms with Crippen molar-refractivity contribution in [2.24, 2.45) is 5.41 Å². The minimum Gasteiger partial charge on any atom is -0.348 e. The Morgan fingerprint density at radius 1 is 1.11 bits per heavy atom. The van der Waals surface area contributed by atoms with Gasteiger partial charge in [-0.05, 0) is 42.0 Å². The first-order valence-corrected chi connectivity index (χ1v) is 12.0. The number of amides is 3. The van der Waals surface area contributed by atoms with Crippen LogP contribution in [0.5, 0.6) is 0 Å². The van der Waals surface area contributed by atoms with E-state index in [9.17, 15) is 9.59 Å². The molecule has 4 rings (SSSR count). The molecule has 1 fully saturated rings. The number of nitrogens with one attached hydrogen (secondary N) is 3. The highest BCUT2D eigenvalue weighted by molar-refractivity contribution is 6.05. The third-order valence-electron chi connectivity index (χ3n) is 6.13. The first kappa shape index (κ1) is 24.7. The van der Waals surface area contributed by atoms with Crippen molar-refractivity contribution in [2.75, 3.05) is 39.0 Å². The topological polar surface area (TPSA) is 106 Å². The maximum atomic E-state index is 13.1. The number of aromatic amines is 1. The number of H-pyrrole nitrogens is 1. The van der Waals surface area contributed by atoms with Crippen LogP contribution in [-0.2, 0) is 0 Å². The van der Waals surface area contributed by atoms with Gasteiger partial charge in [-0.3, -0.25) is 14.9 Å². The van der Waals surface area contributed by atoms with E-state index in [-0.39, 0.29) is 23.4 Å². The van der Waals surface area contributed by atoms with Crippen molar-refractivity contribution in [3.8, 4) is 11.1 Å². The van der Waals surface area contributed by atoms with Crippen molar-refractivity contribution in [3.05, 3.63) is 42.4 Å². The smallest absolute Gasteiger partial charge is 0.321 e. The zero-order valence-corrected chi connectivity index (χ0v) is 21.2. The number of fused-ring (bicyclic) bond motifs is 1. The Labute approximate surface area is 206 Å². The lowest BCUT2D eigenvalue weighted by Crippen LogP contribution is -2.46. The van der Waals surface area contributed by atoms with Gasteiger partial charge in [0.1, 0.15) is 0 Å². The van der Waals surface area contributed by atoms with E-state index in [4.69, 9.17) is 0 Å². The highest BCUT2D eigenvalue weighted by Crippen LogP contribution is 2.27. The number of benzene rings is 1. The van der Waals surface area contributed by atoms with E-state index in [1.165, 1.54) is 4.90 Å². The predicted octanol–water partition coefficient (Wildman–Crippen LogP) is 3.96. The number of urea groups is 1. The number of aromatic nitrogens is 3. The number of likely N-dealkylation sites (tertiary alicyclic amines) is 1. The standard InChI is InChI=1S/C26H35N7O2/c1-26(2,3)16-33-10-8-19(9-11-33)28-24(34)23-21-13-17(6-7-22(21)30-31-23)18-12-20(15-27-14-18)29-25(35)32(4)5/h6-7,12-15,19H,8-11,16H2,1-5H3,(H,28,34)(H,29,35)(H,30,31). The molecule has 9 nitrogen and oxygen atoms in total. The molecule has 2 aromatic heterocycles. The van der Waals surface area contributed by atoms with Gasteiger partial charge in [0, 0.05) is 56.9 Å². The normalized spacial score (nSPS) is 15.2. The molecule has 0 unspecified atom stereocenters. The Kier molecular flexibility index (Phi) is 7.07. The summed E-state index contributed by atoms with van der Waals surface area (Å²) in [4.78, 5) is 33.3. The summed E-state index contributed by atoms with van der Waals surface area (Å²) in [7, 11) is 3.36. The molecule has 1 saturated heterocycles. The summed E-state index contributed by atoms with van der Waals surface area (Å²) in [6.45, 7) is 9.80. The molecule has 3 aromatic rings. The molecule has 1 aliphatic heterocycles. The van der Waals surface area contributed by atoms with E-state index in [1.807, 2.05) is 24.3 Å². The van der Waals surface area contributed by atoms with Crippen molar-refractivity contribution >= 4 is 28.5 Å². The number of nitrogens with zero attached hydrogens (tertiary/aromatic N) is 4. The second-order valence-corrected chi connectivity index (χ2v) is 10.7. The zero-order chi connectivity index (χ0) is 25.2.